The summed E-state index contributed by atoms with van der Waals surface area (Å²) in [5.74, 6) is -0.323. The molecular weight excluding hydrogens is 462 g/mol. The standard InChI is InChI=1S/C27H31N3O4S/c1-20-11-13-24(14-12-20)35(33,34)29-17-21-6-5-15-30(19-21)27(32)18-28-26(31)16-23-9-4-8-22-7-2-3-10-25(22)23/h2-4,7-14,21,29H,5-6,15-19H2,1H3,(H,28,31). The first kappa shape index (κ1) is 24.9. The normalized spacial score (nSPS) is 16.3. The Bertz CT molecular complexity index is 1300. The Morgan fingerprint density at radius 3 is 2.54 bits per heavy atom. The summed E-state index contributed by atoms with van der Waals surface area (Å²) >= 11 is 0. The molecule has 0 radical (unpaired) electrons. The Balaban J connectivity index is 1.26. The molecule has 7 nitrogen and oxygen atoms in total. The SMILES string of the molecule is Cc1ccc(S(=O)(=O)NCC2CCCN(C(=O)CNC(=O)Cc3cccc4ccccc34)C2)cc1. The predicted molar refractivity (Wildman–Crippen MR) is 136 cm³/mol. The average molecular weight is 494 g/mol. The molecule has 4 rings (SSSR count). The summed E-state index contributed by atoms with van der Waals surface area (Å²) in [5, 5.41) is 4.85. The van der Waals surface area contributed by atoms with E-state index in [9.17, 15) is 18.0 Å². The van der Waals surface area contributed by atoms with Gasteiger partial charge in [-0.25, -0.2) is 13.1 Å². The first-order valence-corrected chi connectivity index (χ1v) is 13.4. The summed E-state index contributed by atoms with van der Waals surface area (Å²) in [6, 6.07) is 20.5. The molecule has 1 saturated heterocycles. The van der Waals surface area contributed by atoms with Crippen LogP contribution in [0.1, 0.15) is 24.0 Å². The zero-order valence-electron chi connectivity index (χ0n) is 19.9. The summed E-state index contributed by atoms with van der Waals surface area (Å²) in [6.45, 7) is 3.19. The second-order valence-electron chi connectivity index (χ2n) is 9.10. The smallest absolute Gasteiger partial charge is 0.241 e. The van der Waals surface area contributed by atoms with Crippen molar-refractivity contribution in [3.63, 3.8) is 0 Å². The molecule has 0 aromatic heterocycles. The minimum Gasteiger partial charge on any atom is -0.347 e. The maximum absolute atomic E-state index is 12.7. The molecule has 3 aromatic rings. The second-order valence-corrected chi connectivity index (χ2v) is 10.9. The van der Waals surface area contributed by atoms with Gasteiger partial charge in [0.05, 0.1) is 17.9 Å². The highest BCUT2D eigenvalue weighted by molar-refractivity contribution is 7.89. The number of piperidine rings is 1. The molecule has 2 N–H and O–H groups in total. The zero-order valence-corrected chi connectivity index (χ0v) is 20.7. The number of hydrogen-bond acceptors (Lipinski definition) is 4. The highest BCUT2D eigenvalue weighted by atomic mass is 32.2. The molecule has 0 aliphatic carbocycles. The van der Waals surface area contributed by atoms with E-state index in [0.29, 0.717) is 13.1 Å². The van der Waals surface area contributed by atoms with Crippen molar-refractivity contribution in [2.45, 2.75) is 31.1 Å². The van der Waals surface area contributed by atoms with Gasteiger partial charge in [-0.05, 0) is 54.2 Å². The number of rotatable bonds is 8. The number of likely N-dealkylation sites (tertiary alicyclic amines) is 1. The lowest BCUT2D eigenvalue weighted by molar-refractivity contribution is -0.134. The average Bonchev–Trinajstić information content (AvgIpc) is 2.87. The van der Waals surface area contributed by atoms with Crippen LogP contribution >= 0.6 is 0 Å². The molecule has 2 amide bonds. The molecule has 184 valence electrons. The lowest BCUT2D eigenvalue weighted by Gasteiger charge is -2.33. The van der Waals surface area contributed by atoms with Crippen LogP contribution in [0.25, 0.3) is 10.8 Å². The molecule has 1 aliphatic heterocycles. The summed E-state index contributed by atoms with van der Waals surface area (Å²) in [6.07, 6.45) is 1.85. The first-order chi connectivity index (χ1) is 16.8. The molecule has 1 heterocycles. The zero-order chi connectivity index (χ0) is 24.8. The highest BCUT2D eigenvalue weighted by Gasteiger charge is 2.25. The molecule has 3 aromatic carbocycles. The van der Waals surface area contributed by atoms with Crippen molar-refractivity contribution in [3.8, 4) is 0 Å². The number of fused-ring (bicyclic) bond motifs is 1. The Labute approximate surface area is 206 Å². The maximum Gasteiger partial charge on any atom is 0.241 e. The van der Waals surface area contributed by atoms with E-state index in [-0.39, 0.29) is 42.1 Å². The van der Waals surface area contributed by atoms with Gasteiger partial charge in [-0.2, -0.15) is 0 Å². The van der Waals surface area contributed by atoms with Crippen molar-refractivity contribution in [2.75, 3.05) is 26.2 Å². The van der Waals surface area contributed by atoms with Crippen molar-refractivity contribution in [2.24, 2.45) is 5.92 Å². The van der Waals surface area contributed by atoms with Crippen LogP contribution in [0.3, 0.4) is 0 Å². The van der Waals surface area contributed by atoms with Gasteiger partial charge in [-0.1, -0.05) is 60.2 Å². The largest absolute Gasteiger partial charge is 0.347 e. The third-order valence-corrected chi connectivity index (χ3v) is 7.87. The molecule has 0 spiro atoms. The van der Waals surface area contributed by atoms with Gasteiger partial charge < -0.3 is 10.2 Å². The van der Waals surface area contributed by atoms with E-state index in [1.54, 1.807) is 29.2 Å². The second kappa shape index (κ2) is 11.0. The number of carbonyl (C=O) groups is 2. The topological polar surface area (TPSA) is 95.6 Å². The monoisotopic (exact) mass is 493 g/mol. The number of benzene rings is 3. The quantitative estimate of drug-likeness (QED) is 0.504. The van der Waals surface area contributed by atoms with E-state index in [2.05, 4.69) is 10.0 Å². The third-order valence-electron chi connectivity index (χ3n) is 6.43. The summed E-state index contributed by atoms with van der Waals surface area (Å²) in [7, 11) is -3.59. The molecule has 1 aliphatic rings. The third kappa shape index (κ3) is 6.46. The Kier molecular flexibility index (Phi) is 7.83. The Morgan fingerprint density at radius 1 is 1.00 bits per heavy atom. The van der Waals surface area contributed by atoms with Crippen molar-refractivity contribution in [3.05, 3.63) is 77.9 Å². The summed E-state index contributed by atoms with van der Waals surface area (Å²) < 4.78 is 27.8. The van der Waals surface area contributed by atoms with E-state index in [1.165, 1.54) is 0 Å². The van der Waals surface area contributed by atoms with Crippen molar-refractivity contribution in [1.29, 1.82) is 0 Å². The van der Waals surface area contributed by atoms with E-state index in [0.717, 1.165) is 34.7 Å². The number of sulfonamides is 1. The van der Waals surface area contributed by atoms with Gasteiger partial charge >= 0.3 is 0 Å². The van der Waals surface area contributed by atoms with Gasteiger partial charge in [0.25, 0.3) is 0 Å². The molecular formula is C27H31N3O4S. The van der Waals surface area contributed by atoms with Crippen LogP contribution in [-0.4, -0.2) is 51.3 Å². The van der Waals surface area contributed by atoms with E-state index < -0.39 is 10.0 Å². The Morgan fingerprint density at radius 2 is 1.74 bits per heavy atom. The molecule has 35 heavy (non-hydrogen) atoms. The van der Waals surface area contributed by atoms with Crippen molar-refractivity contribution < 1.29 is 18.0 Å². The van der Waals surface area contributed by atoms with Gasteiger partial charge in [0.2, 0.25) is 21.8 Å². The predicted octanol–water partition coefficient (Wildman–Crippen LogP) is 3.02. The summed E-state index contributed by atoms with van der Waals surface area (Å²) in [4.78, 5) is 27.2. The minimum atomic E-state index is -3.59. The lowest BCUT2D eigenvalue weighted by atomic mass is 9.98. The number of hydrogen-bond donors (Lipinski definition) is 2. The van der Waals surface area contributed by atoms with Gasteiger partial charge in [0.1, 0.15) is 0 Å². The minimum absolute atomic E-state index is 0.0271. The molecule has 1 fully saturated rings. The van der Waals surface area contributed by atoms with Crippen LogP contribution in [-0.2, 0) is 26.0 Å². The highest BCUT2D eigenvalue weighted by Crippen LogP contribution is 2.19. The number of aryl methyl sites for hydroxylation is 1. The van der Waals surface area contributed by atoms with E-state index in [4.69, 9.17) is 0 Å². The van der Waals surface area contributed by atoms with Crippen LogP contribution in [0.5, 0.6) is 0 Å². The summed E-state index contributed by atoms with van der Waals surface area (Å²) in [5.41, 5.74) is 1.92. The fourth-order valence-corrected chi connectivity index (χ4v) is 5.57. The van der Waals surface area contributed by atoms with E-state index in [1.807, 2.05) is 49.4 Å². The van der Waals surface area contributed by atoms with Crippen LogP contribution in [0, 0.1) is 12.8 Å². The van der Waals surface area contributed by atoms with Crippen LogP contribution < -0.4 is 10.0 Å². The lowest BCUT2D eigenvalue weighted by Crippen LogP contribution is -2.47. The first-order valence-electron chi connectivity index (χ1n) is 11.9. The van der Waals surface area contributed by atoms with Gasteiger partial charge in [-0.15, -0.1) is 0 Å². The van der Waals surface area contributed by atoms with Crippen LogP contribution in [0.4, 0.5) is 0 Å². The Hall–Kier alpha value is -3.23. The molecule has 0 bridgehead atoms. The number of amides is 2. The van der Waals surface area contributed by atoms with E-state index >= 15 is 0 Å². The van der Waals surface area contributed by atoms with Gasteiger partial charge in [-0.3, -0.25) is 9.59 Å². The fourth-order valence-electron chi connectivity index (χ4n) is 4.45. The number of carbonyl (C=O) groups excluding carboxylic acids is 2. The molecule has 8 heteroatoms. The fraction of sp³-hybridized carbons (Fsp3) is 0.333. The number of nitrogens with one attached hydrogen (secondary N) is 2. The maximum atomic E-state index is 12.7. The van der Waals surface area contributed by atoms with Crippen LogP contribution in [0.2, 0.25) is 0 Å². The van der Waals surface area contributed by atoms with Gasteiger partial charge in [0.15, 0.2) is 0 Å². The van der Waals surface area contributed by atoms with Crippen LogP contribution in [0.15, 0.2) is 71.6 Å². The molecule has 1 unspecified atom stereocenters. The van der Waals surface area contributed by atoms with Crippen molar-refractivity contribution >= 4 is 32.6 Å². The van der Waals surface area contributed by atoms with Gasteiger partial charge in [0, 0.05) is 19.6 Å². The number of nitrogens with zero attached hydrogens (tertiary/aromatic N) is 1. The van der Waals surface area contributed by atoms with Crippen molar-refractivity contribution in [1.82, 2.24) is 14.9 Å². The molecule has 0 saturated carbocycles. The molecule has 1 atom stereocenters.